The minimum Gasteiger partial charge on any atom is -0.481 e. The Hall–Kier alpha value is -3.53. The van der Waals surface area contributed by atoms with E-state index < -0.39 is 24.0 Å². The molecule has 1 amide bonds. The van der Waals surface area contributed by atoms with Gasteiger partial charge in [-0.1, -0.05) is 24.4 Å². The van der Waals surface area contributed by atoms with Crippen LogP contribution in [-0.2, 0) is 16.0 Å². The van der Waals surface area contributed by atoms with Gasteiger partial charge in [0.2, 0.25) is 5.43 Å². The summed E-state index contributed by atoms with van der Waals surface area (Å²) in [6, 6.07) is 10.1. The van der Waals surface area contributed by atoms with Gasteiger partial charge in [0.15, 0.2) is 0 Å². The number of aliphatic carboxylic acids is 1. The van der Waals surface area contributed by atoms with Gasteiger partial charge in [-0.2, -0.15) is 0 Å². The number of hydrogen-bond acceptors (Lipinski definition) is 6. The molecule has 1 fully saturated rings. The summed E-state index contributed by atoms with van der Waals surface area (Å²) in [5.41, 5.74) is 0.833. The highest BCUT2D eigenvalue weighted by Crippen LogP contribution is 2.27. The fourth-order valence-corrected chi connectivity index (χ4v) is 3.22. The fraction of sp³-hybridized carbons (Fsp3) is 0.273. The van der Waals surface area contributed by atoms with Gasteiger partial charge in [0, 0.05) is 6.42 Å². The first-order valence-electron chi connectivity index (χ1n) is 9.87. The maximum atomic E-state index is 14.7. The molecule has 168 valence electrons. The van der Waals surface area contributed by atoms with Gasteiger partial charge in [-0.05, 0) is 49.2 Å². The number of halogens is 1. The number of carboxylic acid groups (broad SMARTS) is 1. The van der Waals surface area contributed by atoms with Crippen molar-refractivity contribution in [2.75, 3.05) is 23.3 Å². The van der Waals surface area contributed by atoms with Crippen molar-refractivity contribution in [1.82, 2.24) is 5.32 Å². The van der Waals surface area contributed by atoms with Gasteiger partial charge < -0.3 is 20.5 Å². The summed E-state index contributed by atoms with van der Waals surface area (Å²) in [5.74, 6) is -1.58. The Bertz CT molecular complexity index is 1110. The van der Waals surface area contributed by atoms with Crippen LogP contribution in [-0.4, -0.2) is 41.4 Å². The average Bonchev–Trinajstić information content (AvgIpc) is 3.02. The lowest BCUT2D eigenvalue weighted by atomic mass is 10.1. The Kier molecular flexibility index (Phi) is 7.37. The van der Waals surface area contributed by atoms with Gasteiger partial charge >= 0.3 is 12.1 Å². The molecule has 8 nitrogen and oxygen atoms in total. The molecule has 0 aromatic heterocycles. The van der Waals surface area contributed by atoms with Crippen LogP contribution in [0.5, 0.6) is 0 Å². The van der Waals surface area contributed by atoms with Crippen LogP contribution in [0.3, 0.4) is 0 Å². The molecule has 0 unspecified atom stereocenters. The number of anilines is 3. The molecule has 3 N–H and O–H groups in total. The van der Waals surface area contributed by atoms with Crippen molar-refractivity contribution in [3.05, 3.63) is 64.1 Å². The van der Waals surface area contributed by atoms with E-state index in [9.17, 15) is 18.8 Å². The highest BCUT2D eigenvalue weighted by Gasteiger charge is 2.32. The molecule has 1 aliphatic heterocycles. The molecule has 2 aromatic carbocycles. The van der Waals surface area contributed by atoms with Gasteiger partial charge in [0.1, 0.15) is 11.9 Å². The lowest BCUT2D eigenvalue weighted by Crippen LogP contribution is -2.32. The third-order valence-corrected chi connectivity index (χ3v) is 4.94. The molecular weight excluding hydrogens is 437 g/mol. The summed E-state index contributed by atoms with van der Waals surface area (Å²) < 4.78 is 20.0. The van der Waals surface area contributed by atoms with E-state index >= 15 is 0 Å². The Morgan fingerprint density at radius 3 is 2.62 bits per heavy atom. The van der Waals surface area contributed by atoms with E-state index in [4.69, 9.17) is 22.1 Å². The SMILES string of the molecule is CC(=S)NC[C@H]1CN(c2ccc(Nc3ccc(CCC(=O)O)ccc3=O)c(F)c2)C(=O)O1. The lowest BCUT2D eigenvalue weighted by molar-refractivity contribution is -0.136. The fourth-order valence-electron chi connectivity index (χ4n) is 3.14. The number of carbonyl (C=O) groups excluding carboxylic acids is 1. The van der Waals surface area contributed by atoms with Crippen molar-refractivity contribution in [3.63, 3.8) is 0 Å². The molecule has 3 rings (SSSR count). The topological polar surface area (TPSA) is 108 Å². The van der Waals surface area contributed by atoms with Gasteiger partial charge in [-0.15, -0.1) is 0 Å². The maximum Gasteiger partial charge on any atom is 0.414 e. The van der Waals surface area contributed by atoms with E-state index in [0.717, 1.165) is 0 Å². The minimum atomic E-state index is -0.933. The predicted octanol–water partition coefficient (Wildman–Crippen LogP) is 3.21. The smallest absolute Gasteiger partial charge is 0.414 e. The zero-order valence-corrected chi connectivity index (χ0v) is 18.1. The van der Waals surface area contributed by atoms with E-state index in [1.807, 2.05) is 0 Å². The summed E-state index contributed by atoms with van der Waals surface area (Å²) in [6.45, 7) is 2.34. The number of benzene rings is 1. The number of carbonyl (C=O) groups is 2. The van der Waals surface area contributed by atoms with Gasteiger partial charge in [-0.3, -0.25) is 14.5 Å². The Balaban J connectivity index is 1.73. The molecule has 1 aliphatic rings. The number of nitrogens with one attached hydrogen (secondary N) is 2. The second-order valence-electron chi connectivity index (χ2n) is 7.26. The maximum absolute atomic E-state index is 14.7. The van der Waals surface area contributed by atoms with Gasteiger partial charge in [0.25, 0.3) is 0 Å². The van der Waals surface area contributed by atoms with E-state index in [-0.39, 0.29) is 36.2 Å². The Morgan fingerprint density at radius 2 is 1.94 bits per heavy atom. The minimum absolute atomic E-state index is 0.0575. The first-order valence-corrected chi connectivity index (χ1v) is 10.3. The lowest BCUT2D eigenvalue weighted by Gasteiger charge is -2.15. The van der Waals surface area contributed by atoms with Crippen LogP contribution in [0.2, 0.25) is 0 Å². The van der Waals surface area contributed by atoms with Crippen LogP contribution in [0.1, 0.15) is 18.9 Å². The third kappa shape index (κ3) is 6.01. The van der Waals surface area contributed by atoms with Crippen molar-refractivity contribution in [3.8, 4) is 0 Å². The van der Waals surface area contributed by atoms with Gasteiger partial charge in [-0.25, -0.2) is 9.18 Å². The molecule has 1 heterocycles. The van der Waals surface area contributed by atoms with Gasteiger partial charge in [0.05, 0.1) is 35.1 Å². The molecule has 0 spiro atoms. The zero-order valence-electron chi connectivity index (χ0n) is 17.3. The number of carboxylic acids is 1. The zero-order chi connectivity index (χ0) is 23.3. The molecule has 0 radical (unpaired) electrons. The summed E-state index contributed by atoms with van der Waals surface area (Å²) >= 11 is 4.95. The number of aryl methyl sites for hydroxylation is 1. The molecule has 0 aliphatic carbocycles. The highest BCUT2D eigenvalue weighted by atomic mass is 32.1. The van der Waals surface area contributed by atoms with Crippen LogP contribution in [0.4, 0.5) is 26.2 Å². The molecule has 1 saturated heterocycles. The number of amides is 1. The molecule has 1 atom stereocenters. The van der Waals surface area contributed by atoms with Crippen LogP contribution in [0.25, 0.3) is 0 Å². The molecule has 2 aromatic rings. The molecule has 32 heavy (non-hydrogen) atoms. The summed E-state index contributed by atoms with van der Waals surface area (Å²) in [7, 11) is 0. The van der Waals surface area contributed by atoms with E-state index in [1.165, 1.54) is 29.2 Å². The molecule has 0 bridgehead atoms. The van der Waals surface area contributed by atoms with E-state index in [1.54, 1.807) is 25.1 Å². The quantitative estimate of drug-likeness (QED) is 0.517. The van der Waals surface area contributed by atoms with Crippen LogP contribution < -0.4 is 21.0 Å². The van der Waals surface area contributed by atoms with Crippen molar-refractivity contribution in [2.45, 2.75) is 25.9 Å². The molecule has 0 saturated carbocycles. The summed E-state index contributed by atoms with van der Waals surface area (Å²) in [4.78, 5) is 37.1. The number of ether oxygens (including phenoxy) is 1. The van der Waals surface area contributed by atoms with Crippen molar-refractivity contribution < 1.29 is 23.8 Å². The molecular formula is C22H22FN3O5S. The largest absolute Gasteiger partial charge is 0.481 e. The van der Waals surface area contributed by atoms with Crippen molar-refractivity contribution >= 4 is 46.3 Å². The normalized spacial score (nSPS) is 15.2. The highest BCUT2D eigenvalue weighted by molar-refractivity contribution is 7.80. The first kappa shape index (κ1) is 23.1. The molecule has 10 heteroatoms. The van der Waals surface area contributed by atoms with Crippen LogP contribution >= 0.6 is 12.2 Å². The Morgan fingerprint density at radius 1 is 1.22 bits per heavy atom. The van der Waals surface area contributed by atoms with Crippen molar-refractivity contribution in [1.29, 1.82) is 0 Å². The summed E-state index contributed by atoms with van der Waals surface area (Å²) in [6.07, 6.45) is -0.773. The van der Waals surface area contributed by atoms with Crippen molar-refractivity contribution in [2.24, 2.45) is 0 Å². The second-order valence-corrected chi connectivity index (χ2v) is 7.87. The predicted molar refractivity (Wildman–Crippen MR) is 122 cm³/mol. The van der Waals surface area contributed by atoms with Crippen LogP contribution in [0, 0.1) is 5.82 Å². The second kappa shape index (κ2) is 10.2. The number of hydrogen-bond donors (Lipinski definition) is 3. The van der Waals surface area contributed by atoms with E-state index in [2.05, 4.69) is 10.6 Å². The third-order valence-electron chi connectivity index (χ3n) is 4.79. The standard InChI is InChI=1S/C22H22FN3O5S/c1-13(32)24-11-16-12-26(22(30)31-16)15-5-7-18(17(23)10-15)25-19-6-2-14(3-8-20(19)27)4-9-21(28)29/h2-3,5-8,10,16H,4,9,11-12H2,1H3,(H,24,32)(H,25,27)(H,28,29)/t16-/m0/s1. The number of nitrogens with zero attached hydrogens (tertiary/aromatic N) is 1. The monoisotopic (exact) mass is 459 g/mol. The number of thiocarbonyl (C=S) groups is 1. The summed E-state index contributed by atoms with van der Waals surface area (Å²) in [5, 5.41) is 14.5. The van der Waals surface area contributed by atoms with E-state index in [0.29, 0.717) is 22.8 Å². The van der Waals surface area contributed by atoms with Crippen LogP contribution in [0.15, 0.2) is 47.3 Å². The number of rotatable bonds is 8. The first-order chi connectivity index (χ1) is 15.2. The number of cyclic esters (lactones) is 1. The Labute approximate surface area is 189 Å². The average molecular weight is 459 g/mol.